The second kappa shape index (κ2) is 4.91. The molecule has 1 nitrogen and oxygen atoms in total. The van der Waals surface area contributed by atoms with Crippen molar-refractivity contribution in [3.8, 4) is 0 Å². The van der Waals surface area contributed by atoms with Crippen LogP contribution in [0.3, 0.4) is 0 Å². The Balaban J connectivity index is 2.72. The second-order valence-corrected chi connectivity index (χ2v) is 5.77. The Bertz CT molecular complexity index is 292. The predicted octanol–water partition coefficient (Wildman–Crippen LogP) is 3.21. The van der Waals surface area contributed by atoms with Gasteiger partial charge in [-0.05, 0) is 30.2 Å². The fourth-order valence-electron chi connectivity index (χ4n) is 0.985. The van der Waals surface area contributed by atoms with Crippen molar-refractivity contribution in [3.05, 3.63) is 28.7 Å². The number of hydrogen-bond acceptors (Lipinski definition) is 1. The zero-order valence-electron chi connectivity index (χ0n) is 7.79. The van der Waals surface area contributed by atoms with Crippen molar-refractivity contribution < 1.29 is 4.21 Å². The Hall–Kier alpha value is -0.150. The largest absolute Gasteiger partial charge is 0.254 e. The molecule has 1 unspecified atom stereocenters. The fourth-order valence-corrected chi connectivity index (χ4v) is 2.49. The first-order valence-corrected chi connectivity index (χ1v) is 6.34. The Labute approximate surface area is 90.1 Å². The van der Waals surface area contributed by atoms with E-state index in [4.69, 9.17) is 0 Å². The van der Waals surface area contributed by atoms with E-state index in [0.717, 1.165) is 15.1 Å². The minimum atomic E-state index is -0.843. The quantitative estimate of drug-likeness (QED) is 0.816. The summed E-state index contributed by atoms with van der Waals surface area (Å²) in [5.74, 6) is 1.21. The molecule has 0 amide bonds. The molecule has 0 aliphatic rings. The minimum Gasteiger partial charge on any atom is -0.254 e. The third-order valence-corrected chi connectivity index (χ3v) is 3.86. The molecule has 0 N–H and O–H groups in total. The molecule has 1 rings (SSSR count). The van der Waals surface area contributed by atoms with E-state index in [1.165, 1.54) is 0 Å². The number of hydrogen-bond donors (Lipinski definition) is 0. The van der Waals surface area contributed by atoms with Crippen LogP contribution in [0.5, 0.6) is 0 Å². The third-order valence-electron chi connectivity index (χ3n) is 1.56. The molecular weight excluding hydrogens is 248 g/mol. The zero-order chi connectivity index (χ0) is 9.84. The maximum Gasteiger partial charge on any atom is 0.0532 e. The summed E-state index contributed by atoms with van der Waals surface area (Å²) in [6, 6.07) is 7.66. The monoisotopic (exact) mass is 260 g/mol. The van der Waals surface area contributed by atoms with Gasteiger partial charge in [0.1, 0.15) is 0 Å². The van der Waals surface area contributed by atoms with Crippen molar-refractivity contribution in [1.29, 1.82) is 0 Å². The van der Waals surface area contributed by atoms with Crippen LogP contribution < -0.4 is 0 Å². The van der Waals surface area contributed by atoms with Crippen molar-refractivity contribution in [2.75, 3.05) is 5.75 Å². The Morgan fingerprint density at radius 1 is 1.31 bits per heavy atom. The van der Waals surface area contributed by atoms with Crippen molar-refractivity contribution in [2.24, 2.45) is 5.92 Å². The topological polar surface area (TPSA) is 17.1 Å². The highest BCUT2D eigenvalue weighted by Gasteiger charge is 2.05. The van der Waals surface area contributed by atoms with E-state index in [0.29, 0.717) is 5.92 Å². The molecule has 0 radical (unpaired) electrons. The van der Waals surface area contributed by atoms with Gasteiger partial charge in [-0.2, -0.15) is 0 Å². The number of rotatable bonds is 3. The van der Waals surface area contributed by atoms with Crippen LogP contribution >= 0.6 is 15.9 Å². The summed E-state index contributed by atoms with van der Waals surface area (Å²) in [6.45, 7) is 4.16. The SMILES string of the molecule is CC(C)CS(=O)c1ccc(Br)cc1. The molecule has 1 aromatic rings. The summed E-state index contributed by atoms with van der Waals surface area (Å²) < 4.78 is 12.7. The Morgan fingerprint density at radius 2 is 1.85 bits per heavy atom. The van der Waals surface area contributed by atoms with Gasteiger partial charge in [-0.3, -0.25) is 4.21 Å². The lowest BCUT2D eigenvalue weighted by Crippen LogP contribution is -2.04. The van der Waals surface area contributed by atoms with Gasteiger partial charge in [-0.15, -0.1) is 0 Å². The summed E-state index contributed by atoms with van der Waals surface area (Å²) >= 11 is 3.35. The lowest BCUT2D eigenvalue weighted by molar-refractivity contribution is 0.665. The van der Waals surface area contributed by atoms with E-state index in [1.54, 1.807) is 0 Å². The lowest BCUT2D eigenvalue weighted by Gasteiger charge is -2.04. The van der Waals surface area contributed by atoms with Gasteiger partial charge < -0.3 is 0 Å². The fraction of sp³-hybridized carbons (Fsp3) is 0.400. The third kappa shape index (κ3) is 3.61. The molecule has 0 aliphatic carbocycles. The number of halogens is 1. The van der Waals surface area contributed by atoms with Crippen LogP contribution in [-0.2, 0) is 10.8 Å². The van der Waals surface area contributed by atoms with Crippen LogP contribution in [0.25, 0.3) is 0 Å². The van der Waals surface area contributed by atoms with Crippen molar-refractivity contribution in [1.82, 2.24) is 0 Å². The van der Waals surface area contributed by atoms with E-state index < -0.39 is 10.8 Å². The molecule has 1 aromatic carbocycles. The van der Waals surface area contributed by atoms with Crippen molar-refractivity contribution in [2.45, 2.75) is 18.7 Å². The maximum atomic E-state index is 11.7. The van der Waals surface area contributed by atoms with Gasteiger partial charge in [0.25, 0.3) is 0 Å². The first kappa shape index (κ1) is 10.9. The molecule has 3 heteroatoms. The minimum absolute atomic E-state index is 0.476. The van der Waals surface area contributed by atoms with Gasteiger partial charge in [-0.1, -0.05) is 29.8 Å². The molecule has 0 spiro atoms. The lowest BCUT2D eigenvalue weighted by atomic mass is 10.3. The molecule has 0 saturated carbocycles. The predicted molar refractivity (Wildman–Crippen MR) is 60.3 cm³/mol. The van der Waals surface area contributed by atoms with Crippen LogP contribution in [0.4, 0.5) is 0 Å². The molecule has 13 heavy (non-hydrogen) atoms. The summed E-state index contributed by atoms with van der Waals surface area (Å²) in [4.78, 5) is 0.914. The molecule has 0 aliphatic heterocycles. The van der Waals surface area contributed by atoms with Crippen molar-refractivity contribution >= 4 is 26.7 Å². The molecule has 0 fully saturated rings. The van der Waals surface area contributed by atoms with Gasteiger partial charge in [0.05, 0.1) is 10.8 Å². The van der Waals surface area contributed by atoms with Crippen LogP contribution in [0.15, 0.2) is 33.6 Å². The number of benzene rings is 1. The van der Waals surface area contributed by atoms with E-state index in [1.807, 2.05) is 24.3 Å². The zero-order valence-corrected chi connectivity index (χ0v) is 10.2. The van der Waals surface area contributed by atoms with Gasteiger partial charge >= 0.3 is 0 Å². The molecule has 0 aromatic heterocycles. The molecule has 0 heterocycles. The van der Waals surface area contributed by atoms with Gasteiger partial charge in [0, 0.05) is 15.1 Å². The standard InChI is InChI=1S/C10H13BrOS/c1-8(2)7-13(12)10-5-3-9(11)4-6-10/h3-6,8H,7H2,1-2H3. The average Bonchev–Trinajstić information content (AvgIpc) is 2.04. The molecule has 0 bridgehead atoms. The Morgan fingerprint density at radius 3 is 2.31 bits per heavy atom. The van der Waals surface area contributed by atoms with Gasteiger partial charge in [0.15, 0.2) is 0 Å². The highest BCUT2D eigenvalue weighted by atomic mass is 79.9. The Kier molecular flexibility index (Phi) is 4.13. The van der Waals surface area contributed by atoms with Crippen LogP contribution in [-0.4, -0.2) is 9.96 Å². The van der Waals surface area contributed by atoms with E-state index in [9.17, 15) is 4.21 Å². The summed E-state index contributed by atoms with van der Waals surface area (Å²) in [5, 5.41) is 0. The van der Waals surface area contributed by atoms with Gasteiger partial charge in [-0.25, -0.2) is 0 Å². The highest BCUT2D eigenvalue weighted by molar-refractivity contribution is 9.10. The van der Waals surface area contributed by atoms with Crippen LogP contribution in [0, 0.1) is 5.92 Å². The first-order valence-electron chi connectivity index (χ1n) is 4.23. The second-order valence-electron chi connectivity index (χ2n) is 3.36. The van der Waals surface area contributed by atoms with E-state index in [2.05, 4.69) is 29.8 Å². The first-order chi connectivity index (χ1) is 6.09. The van der Waals surface area contributed by atoms with Gasteiger partial charge in [0.2, 0.25) is 0 Å². The molecule has 0 saturated heterocycles. The maximum absolute atomic E-state index is 11.7. The van der Waals surface area contributed by atoms with Crippen LogP contribution in [0.2, 0.25) is 0 Å². The van der Waals surface area contributed by atoms with E-state index in [-0.39, 0.29) is 0 Å². The normalized spacial score (nSPS) is 13.2. The van der Waals surface area contributed by atoms with E-state index >= 15 is 0 Å². The molecule has 1 atom stereocenters. The smallest absolute Gasteiger partial charge is 0.0532 e. The summed E-state index contributed by atoms with van der Waals surface area (Å²) in [5.41, 5.74) is 0. The summed E-state index contributed by atoms with van der Waals surface area (Å²) in [7, 11) is -0.843. The highest BCUT2D eigenvalue weighted by Crippen LogP contribution is 2.14. The average molecular weight is 261 g/mol. The summed E-state index contributed by atoms with van der Waals surface area (Å²) in [6.07, 6.45) is 0. The van der Waals surface area contributed by atoms with Crippen LogP contribution in [0.1, 0.15) is 13.8 Å². The molecular formula is C10H13BrOS. The molecule has 72 valence electrons. The van der Waals surface area contributed by atoms with Crippen molar-refractivity contribution in [3.63, 3.8) is 0 Å².